The molecule has 1 aliphatic heterocycles. The molecule has 0 saturated carbocycles. The standard InChI is InChI=1S/C14H17Cl2NO2/c1-8-12(9-5-10(15)7-11(16)6-9)19-13(18)17(8)14(2,3)4/h5-8,12H,1-4H3/t8-,12+/m1/s1. The Morgan fingerprint density at radius 3 is 2.11 bits per heavy atom. The molecule has 0 aliphatic carbocycles. The number of ether oxygens (including phenoxy) is 1. The zero-order valence-corrected chi connectivity index (χ0v) is 12.9. The van der Waals surface area contributed by atoms with Gasteiger partial charge in [-0.25, -0.2) is 4.79 Å². The molecule has 1 amide bonds. The van der Waals surface area contributed by atoms with Crippen LogP contribution in [0, 0.1) is 0 Å². The summed E-state index contributed by atoms with van der Waals surface area (Å²) in [6, 6.07) is 5.17. The topological polar surface area (TPSA) is 29.5 Å². The van der Waals surface area contributed by atoms with Gasteiger partial charge < -0.3 is 4.74 Å². The minimum Gasteiger partial charge on any atom is -0.439 e. The van der Waals surface area contributed by atoms with Gasteiger partial charge in [0, 0.05) is 15.6 Å². The molecule has 0 aromatic heterocycles. The third kappa shape index (κ3) is 2.82. The molecule has 0 bridgehead atoms. The maximum Gasteiger partial charge on any atom is 0.411 e. The van der Waals surface area contributed by atoms with Crippen molar-refractivity contribution in [1.29, 1.82) is 0 Å². The maximum atomic E-state index is 12.0. The van der Waals surface area contributed by atoms with Crippen LogP contribution in [0.1, 0.15) is 39.4 Å². The molecular weight excluding hydrogens is 285 g/mol. The number of nitrogens with zero attached hydrogens (tertiary/aromatic N) is 1. The predicted molar refractivity (Wildman–Crippen MR) is 76.7 cm³/mol. The van der Waals surface area contributed by atoms with Gasteiger partial charge in [-0.2, -0.15) is 0 Å². The normalized spacial score (nSPS) is 23.7. The monoisotopic (exact) mass is 301 g/mol. The van der Waals surface area contributed by atoms with Gasteiger partial charge in [-0.15, -0.1) is 0 Å². The van der Waals surface area contributed by atoms with Crippen LogP contribution < -0.4 is 0 Å². The first-order valence-corrected chi connectivity index (χ1v) is 6.91. The van der Waals surface area contributed by atoms with Crippen LogP contribution in [0.2, 0.25) is 10.0 Å². The number of carbonyl (C=O) groups excluding carboxylic acids is 1. The van der Waals surface area contributed by atoms with E-state index in [-0.39, 0.29) is 23.8 Å². The van der Waals surface area contributed by atoms with Crippen molar-refractivity contribution in [2.75, 3.05) is 0 Å². The Morgan fingerprint density at radius 1 is 1.16 bits per heavy atom. The molecule has 1 heterocycles. The number of carbonyl (C=O) groups is 1. The zero-order valence-electron chi connectivity index (χ0n) is 11.4. The maximum absolute atomic E-state index is 12.0. The zero-order chi connectivity index (χ0) is 14.4. The third-order valence-electron chi connectivity index (χ3n) is 3.21. The highest BCUT2D eigenvalue weighted by atomic mass is 35.5. The Hall–Kier alpha value is -0.930. The van der Waals surface area contributed by atoms with Crippen molar-refractivity contribution in [3.8, 4) is 0 Å². The van der Waals surface area contributed by atoms with Crippen molar-refractivity contribution in [3.63, 3.8) is 0 Å². The molecule has 0 unspecified atom stereocenters. The highest BCUT2D eigenvalue weighted by molar-refractivity contribution is 6.34. The number of benzene rings is 1. The number of amides is 1. The molecule has 2 atom stereocenters. The molecule has 0 radical (unpaired) electrons. The molecule has 1 fully saturated rings. The summed E-state index contributed by atoms with van der Waals surface area (Å²) in [6.45, 7) is 7.92. The van der Waals surface area contributed by atoms with Crippen LogP contribution in [-0.4, -0.2) is 22.6 Å². The number of halogens is 2. The molecule has 0 N–H and O–H groups in total. The van der Waals surface area contributed by atoms with Crippen molar-refractivity contribution in [2.45, 2.75) is 45.4 Å². The summed E-state index contributed by atoms with van der Waals surface area (Å²) in [6.07, 6.45) is -0.649. The van der Waals surface area contributed by atoms with Crippen LogP contribution in [-0.2, 0) is 4.74 Å². The molecule has 1 aromatic carbocycles. The van der Waals surface area contributed by atoms with Gasteiger partial charge in [0.15, 0.2) is 0 Å². The van der Waals surface area contributed by atoms with Crippen molar-refractivity contribution >= 4 is 29.3 Å². The lowest BCUT2D eigenvalue weighted by atomic mass is 9.99. The number of cyclic esters (lactones) is 1. The molecule has 0 spiro atoms. The van der Waals surface area contributed by atoms with Gasteiger partial charge in [0.25, 0.3) is 0 Å². The van der Waals surface area contributed by atoms with E-state index in [4.69, 9.17) is 27.9 Å². The minimum atomic E-state index is -0.345. The molecule has 19 heavy (non-hydrogen) atoms. The van der Waals surface area contributed by atoms with E-state index in [2.05, 4.69) is 0 Å². The average molecular weight is 302 g/mol. The lowest BCUT2D eigenvalue weighted by Crippen LogP contribution is -2.46. The van der Waals surface area contributed by atoms with Gasteiger partial charge >= 0.3 is 6.09 Å². The molecular formula is C14H17Cl2NO2. The van der Waals surface area contributed by atoms with E-state index in [1.165, 1.54) is 0 Å². The third-order valence-corrected chi connectivity index (χ3v) is 3.64. The molecule has 1 aromatic rings. The number of hydrogen-bond acceptors (Lipinski definition) is 2. The molecule has 1 saturated heterocycles. The quantitative estimate of drug-likeness (QED) is 0.754. The summed E-state index contributed by atoms with van der Waals surface area (Å²) in [5, 5.41) is 1.08. The summed E-state index contributed by atoms with van der Waals surface area (Å²) < 4.78 is 5.48. The van der Waals surface area contributed by atoms with Crippen LogP contribution in [0.25, 0.3) is 0 Å². The Morgan fingerprint density at radius 2 is 1.68 bits per heavy atom. The SMILES string of the molecule is C[C@@H]1[C@@H](c2cc(Cl)cc(Cl)c2)OC(=O)N1C(C)(C)C. The van der Waals surface area contributed by atoms with Gasteiger partial charge in [0.1, 0.15) is 6.10 Å². The van der Waals surface area contributed by atoms with Gasteiger partial charge in [-0.05, 0) is 51.5 Å². The fourth-order valence-corrected chi connectivity index (χ4v) is 3.08. The second-order valence-corrected chi connectivity index (χ2v) is 6.66. The number of rotatable bonds is 1. The first-order chi connectivity index (χ1) is 8.70. The molecule has 1 aliphatic rings. The van der Waals surface area contributed by atoms with Gasteiger partial charge in [-0.1, -0.05) is 23.2 Å². The van der Waals surface area contributed by atoms with E-state index in [0.717, 1.165) is 5.56 Å². The van der Waals surface area contributed by atoms with E-state index in [0.29, 0.717) is 10.0 Å². The van der Waals surface area contributed by atoms with Crippen molar-refractivity contribution in [1.82, 2.24) is 4.90 Å². The van der Waals surface area contributed by atoms with E-state index in [9.17, 15) is 4.79 Å². The Kier molecular flexibility index (Phi) is 3.72. The fraction of sp³-hybridized carbons (Fsp3) is 0.500. The first-order valence-electron chi connectivity index (χ1n) is 6.16. The summed E-state index contributed by atoms with van der Waals surface area (Å²) >= 11 is 12.0. The smallest absolute Gasteiger partial charge is 0.411 e. The minimum absolute atomic E-state index is 0.0676. The second-order valence-electron chi connectivity index (χ2n) is 5.79. The fourth-order valence-electron chi connectivity index (χ4n) is 2.54. The summed E-state index contributed by atoms with van der Waals surface area (Å²) in [5.74, 6) is 0. The van der Waals surface area contributed by atoms with Crippen LogP contribution in [0.5, 0.6) is 0 Å². The van der Waals surface area contributed by atoms with Crippen LogP contribution in [0.15, 0.2) is 18.2 Å². The van der Waals surface area contributed by atoms with Crippen LogP contribution in [0.3, 0.4) is 0 Å². The Bertz CT molecular complexity index is 490. The molecule has 3 nitrogen and oxygen atoms in total. The lowest BCUT2D eigenvalue weighted by molar-refractivity contribution is 0.119. The molecule has 104 valence electrons. The van der Waals surface area contributed by atoms with E-state index in [1.807, 2.05) is 27.7 Å². The second kappa shape index (κ2) is 4.88. The highest BCUT2D eigenvalue weighted by Crippen LogP contribution is 2.38. The van der Waals surface area contributed by atoms with Crippen molar-refractivity contribution in [3.05, 3.63) is 33.8 Å². The van der Waals surface area contributed by atoms with Gasteiger partial charge in [0.05, 0.1) is 6.04 Å². The van der Waals surface area contributed by atoms with Crippen LogP contribution in [0.4, 0.5) is 4.79 Å². The summed E-state index contributed by atoms with van der Waals surface area (Å²) in [5.41, 5.74) is 0.540. The molecule has 2 rings (SSSR count). The Balaban J connectivity index is 2.35. The van der Waals surface area contributed by atoms with E-state index >= 15 is 0 Å². The van der Waals surface area contributed by atoms with E-state index in [1.54, 1.807) is 23.1 Å². The van der Waals surface area contributed by atoms with Gasteiger partial charge in [0.2, 0.25) is 0 Å². The summed E-state index contributed by atoms with van der Waals surface area (Å²) in [4.78, 5) is 13.8. The highest BCUT2D eigenvalue weighted by Gasteiger charge is 2.44. The molecule has 5 heteroatoms. The van der Waals surface area contributed by atoms with Crippen LogP contribution >= 0.6 is 23.2 Å². The van der Waals surface area contributed by atoms with Crippen molar-refractivity contribution in [2.24, 2.45) is 0 Å². The average Bonchev–Trinajstić information content (AvgIpc) is 2.51. The lowest BCUT2D eigenvalue weighted by Gasteiger charge is -2.33. The largest absolute Gasteiger partial charge is 0.439 e. The number of hydrogen-bond donors (Lipinski definition) is 0. The predicted octanol–water partition coefficient (Wildman–Crippen LogP) is 4.67. The van der Waals surface area contributed by atoms with Crippen molar-refractivity contribution < 1.29 is 9.53 Å². The first kappa shape index (κ1) is 14.5. The van der Waals surface area contributed by atoms with E-state index < -0.39 is 0 Å². The summed E-state index contributed by atoms with van der Waals surface area (Å²) in [7, 11) is 0. The van der Waals surface area contributed by atoms with Gasteiger partial charge in [-0.3, -0.25) is 4.90 Å². The Labute approximate surface area is 123 Å².